The Labute approximate surface area is 127 Å². The molecule has 0 unspecified atom stereocenters. The average molecular weight is 290 g/mol. The second-order valence-corrected chi connectivity index (χ2v) is 6.08. The number of ether oxygens (including phenoxy) is 1. The van der Waals surface area contributed by atoms with Crippen LogP contribution in [0.4, 0.5) is 5.69 Å². The predicted molar refractivity (Wildman–Crippen MR) is 85.9 cm³/mol. The molecular formula is C17H26N2O2. The minimum Gasteiger partial charge on any atom is -0.380 e. The van der Waals surface area contributed by atoms with Crippen molar-refractivity contribution in [3.63, 3.8) is 0 Å². The number of methoxy groups -OCH3 is 1. The van der Waals surface area contributed by atoms with Gasteiger partial charge in [-0.3, -0.25) is 4.79 Å². The van der Waals surface area contributed by atoms with Gasteiger partial charge in [-0.15, -0.1) is 0 Å². The lowest BCUT2D eigenvalue weighted by Crippen LogP contribution is -2.25. The summed E-state index contributed by atoms with van der Waals surface area (Å²) >= 11 is 0. The fraction of sp³-hybridized carbons (Fsp3) is 0.588. The van der Waals surface area contributed by atoms with Gasteiger partial charge in [0, 0.05) is 38.0 Å². The van der Waals surface area contributed by atoms with Gasteiger partial charge in [0.05, 0.1) is 6.10 Å². The number of carbonyl (C=O) groups excluding carboxylic acids is 1. The SMILES string of the molecule is CO[C@H]1CCN(c2ccc(C(=O)NCCC(C)C)cc2)C1. The summed E-state index contributed by atoms with van der Waals surface area (Å²) in [6, 6.07) is 7.85. The van der Waals surface area contributed by atoms with E-state index in [0.29, 0.717) is 12.0 Å². The molecule has 1 atom stereocenters. The number of amides is 1. The van der Waals surface area contributed by atoms with Crippen molar-refractivity contribution < 1.29 is 9.53 Å². The van der Waals surface area contributed by atoms with E-state index in [1.165, 1.54) is 0 Å². The summed E-state index contributed by atoms with van der Waals surface area (Å²) in [4.78, 5) is 14.3. The quantitative estimate of drug-likeness (QED) is 0.876. The summed E-state index contributed by atoms with van der Waals surface area (Å²) in [7, 11) is 1.76. The first kappa shape index (κ1) is 15.8. The molecule has 4 heteroatoms. The number of nitrogens with zero attached hydrogens (tertiary/aromatic N) is 1. The van der Waals surface area contributed by atoms with E-state index in [2.05, 4.69) is 24.1 Å². The monoisotopic (exact) mass is 290 g/mol. The zero-order chi connectivity index (χ0) is 15.2. The lowest BCUT2D eigenvalue weighted by atomic mass is 10.1. The molecule has 0 aromatic heterocycles. The van der Waals surface area contributed by atoms with Crippen molar-refractivity contribution in [1.29, 1.82) is 0 Å². The van der Waals surface area contributed by atoms with E-state index < -0.39 is 0 Å². The maximum absolute atomic E-state index is 12.0. The number of hydrogen-bond acceptors (Lipinski definition) is 3. The molecule has 1 N–H and O–H groups in total. The van der Waals surface area contributed by atoms with Gasteiger partial charge in [0.25, 0.3) is 5.91 Å². The number of benzene rings is 1. The number of rotatable bonds is 6. The highest BCUT2D eigenvalue weighted by atomic mass is 16.5. The van der Waals surface area contributed by atoms with Crippen molar-refractivity contribution in [2.75, 3.05) is 31.6 Å². The molecule has 1 fully saturated rings. The Morgan fingerprint density at radius 1 is 1.38 bits per heavy atom. The lowest BCUT2D eigenvalue weighted by Gasteiger charge is -2.18. The molecule has 0 aliphatic carbocycles. The van der Waals surface area contributed by atoms with Crippen LogP contribution in [0.15, 0.2) is 24.3 Å². The third kappa shape index (κ3) is 4.46. The van der Waals surface area contributed by atoms with E-state index in [4.69, 9.17) is 4.74 Å². The van der Waals surface area contributed by atoms with Gasteiger partial charge in [0.15, 0.2) is 0 Å². The molecule has 0 bridgehead atoms. The molecule has 1 heterocycles. The molecule has 1 saturated heterocycles. The summed E-state index contributed by atoms with van der Waals surface area (Å²) in [5.74, 6) is 0.620. The van der Waals surface area contributed by atoms with E-state index >= 15 is 0 Å². The molecule has 1 aromatic rings. The number of carbonyl (C=O) groups is 1. The van der Waals surface area contributed by atoms with Gasteiger partial charge in [-0.1, -0.05) is 13.8 Å². The molecule has 0 radical (unpaired) electrons. The highest BCUT2D eigenvalue weighted by Gasteiger charge is 2.22. The standard InChI is InChI=1S/C17H26N2O2/c1-13(2)8-10-18-17(20)14-4-6-15(7-5-14)19-11-9-16(12-19)21-3/h4-7,13,16H,8-12H2,1-3H3,(H,18,20)/t16-/m0/s1. The van der Waals surface area contributed by atoms with Gasteiger partial charge >= 0.3 is 0 Å². The predicted octanol–water partition coefficient (Wildman–Crippen LogP) is 2.69. The normalized spacial score (nSPS) is 18.3. The summed E-state index contributed by atoms with van der Waals surface area (Å²) in [5.41, 5.74) is 1.89. The van der Waals surface area contributed by atoms with Gasteiger partial charge in [-0.25, -0.2) is 0 Å². The lowest BCUT2D eigenvalue weighted by molar-refractivity contribution is 0.0952. The van der Waals surface area contributed by atoms with Gasteiger partial charge in [-0.2, -0.15) is 0 Å². The van der Waals surface area contributed by atoms with E-state index in [1.807, 2.05) is 24.3 Å². The minimum absolute atomic E-state index is 0.0124. The molecule has 4 nitrogen and oxygen atoms in total. The summed E-state index contributed by atoms with van der Waals surface area (Å²) < 4.78 is 5.38. The van der Waals surface area contributed by atoms with Crippen molar-refractivity contribution in [3.8, 4) is 0 Å². The van der Waals surface area contributed by atoms with Crippen LogP contribution in [0, 0.1) is 5.92 Å². The Balaban J connectivity index is 1.88. The molecule has 1 aliphatic heterocycles. The van der Waals surface area contributed by atoms with E-state index in [1.54, 1.807) is 7.11 Å². The fourth-order valence-electron chi connectivity index (χ4n) is 2.56. The molecule has 2 rings (SSSR count). The van der Waals surface area contributed by atoms with Gasteiger partial charge < -0.3 is 15.0 Å². The Bertz CT molecular complexity index is 456. The highest BCUT2D eigenvalue weighted by Crippen LogP contribution is 2.22. The smallest absolute Gasteiger partial charge is 0.251 e. The second-order valence-electron chi connectivity index (χ2n) is 6.08. The molecule has 1 aromatic carbocycles. The molecule has 1 amide bonds. The van der Waals surface area contributed by atoms with E-state index in [9.17, 15) is 4.79 Å². The van der Waals surface area contributed by atoms with Crippen LogP contribution in [0.5, 0.6) is 0 Å². The summed E-state index contributed by atoms with van der Waals surface area (Å²) in [5, 5.41) is 2.96. The van der Waals surface area contributed by atoms with Crippen molar-refractivity contribution in [2.24, 2.45) is 5.92 Å². The van der Waals surface area contributed by atoms with Gasteiger partial charge in [-0.05, 0) is 43.0 Å². The van der Waals surface area contributed by atoms with E-state index in [0.717, 1.165) is 43.7 Å². The number of anilines is 1. The third-order valence-electron chi connectivity index (χ3n) is 3.98. The number of hydrogen-bond donors (Lipinski definition) is 1. The van der Waals surface area contributed by atoms with Crippen LogP contribution in [0.25, 0.3) is 0 Å². The zero-order valence-corrected chi connectivity index (χ0v) is 13.3. The van der Waals surface area contributed by atoms with Crippen molar-refractivity contribution in [1.82, 2.24) is 5.32 Å². The van der Waals surface area contributed by atoms with Gasteiger partial charge in [0.2, 0.25) is 0 Å². The van der Waals surface area contributed by atoms with Crippen LogP contribution >= 0.6 is 0 Å². The molecule has 0 saturated carbocycles. The first-order valence-electron chi connectivity index (χ1n) is 7.76. The zero-order valence-electron chi connectivity index (χ0n) is 13.3. The topological polar surface area (TPSA) is 41.6 Å². The van der Waals surface area contributed by atoms with Crippen molar-refractivity contribution in [2.45, 2.75) is 32.8 Å². The van der Waals surface area contributed by atoms with Crippen LogP contribution < -0.4 is 10.2 Å². The first-order valence-corrected chi connectivity index (χ1v) is 7.76. The average Bonchev–Trinajstić information content (AvgIpc) is 2.96. The second kappa shape index (κ2) is 7.46. The maximum atomic E-state index is 12.0. The largest absolute Gasteiger partial charge is 0.380 e. The van der Waals surface area contributed by atoms with Crippen molar-refractivity contribution >= 4 is 11.6 Å². The van der Waals surface area contributed by atoms with Crippen LogP contribution in [0.2, 0.25) is 0 Å². The third-order valence-corrected chi connectivity index (χ3v) is 3.98. The first-order chi connectivity index (χ1) is 10.1. The summed E-state index contributed by atoms with van der Waals surface area (Å²) in [6.45, 7) is 6.99. The molecule has 1 aliphatic rings. The highest BCUT2D eigenvalue weighted by molar-refractivity contribution is 5.94. The Morgan fingerprint density at radius 2 is 2.10 bits per heavy atom. The Kier molecular flexibility index (Phi) is 5.62. The number of nitrogens with one attached hydrogen (secondary N) is 1. The fourth-order valence-corrected chi connectivity index (χ4v) is 2.56. The van der Waals surface area contributed by atoms with E-state index in [-0.39, 0.29) is 5.91 Å². The van der Waals surface area contributed by atoms with Crippen LogP contribution in [0.1, 0.15) is 37.0 Å². The van der Waals surface area contributed by atoms with Crippen LogP contribution in [-0.2, 0) is 4.74 Å². The molecule has 21 heavy (non-hydrogen) atoms. The maximum Gasteiger partial charge on any atom is 0.251 e. The molecular weight excluding hydrogens is 264 g/mol. The van der Waals surface area contributed by atoms with Gasteiger partial charge in [0.1, 0.15) is 0 Å². The Morgan fingerprint density at radius 3 is 2.67 bits per heavy atom. The molecule has 116 valence electrons. The summed E-state index contributed by atoms with van der Waals surface area (Å²) in [6.07, 6.45) is 2.40. The van der Waals surface area contributed by atoms with Crippen LogP contribution in [0.3, 0.4) is 0 Å². The minimum atomic E-state index is 0.0124. The Hall–Kier alpha value is -1.55. The van der Waals surface area contributed by atoms with Crippen LogP contribution in [-0.4, -0.2) is 38.8 Å². The molecule has 0 spiro atoms. The van der Waals surface area contributed by atoms with Crippen molar-refractivity contribution in [3.05, 3.63) is 29.8 Å².